The summed E-state index contributed by atoms with van der Waals surface area (Å²) < 4.78 is 32.3. The molecule has 9 heteroatoms. The summed E-state index contributed by atoms with van der Waals surface area (Å²) in [6.45, 7) is -0.126. The summed E-state index contributed by atoms with van der Waals surface area (Å²) in [5.74, 6) is -8.27. The minimum atomic E-state index is -3.27. The smallest absolute Gasteiger partial charge is 0.407 e. The topological polar surface area (TPSA) is 105 Å². The molecule has 0 heterocycles. The van der Waals surface area contributed by atoms with Crippen LogP contribution in [0, 0.1) is 17.8 Å². The number of alkyl carbamates (subject to hydrolysis) is 1. The molecule has 0 aromatic heterocycles. The number of carboxylic acids is 1. The number of halogens is 2. The minimum absolute atomic E-state index is 0.0226. The highest BCUT2D eigenvalue weighted by molar-refractivity contribution is 5.79. The molecule has 0 aliphatic heterocycles. The first-order valence-corrected chi connectivity index (χ1v) is 11.7. The van der Waals surface area contributed by atoms with Crippen molar-refractivity contribution in [3.63, 3.8) is 0 Å². The fraction of sp³-hybridized carbons (Fsp3) is 0.423. The van der Waals surface area contributed by atoms with E-state index in [1.54, 1.807) is 0 Å². The number of fused-ring (bicyclic) bond motifs is 3. The van der Waals surface area contributed by atoms with Crippen LogP contribution in [0.25, 0.3) is 11.1 Å². The van der Waals surface area contributed by atoms with Crippen molar-refractivity contribution in [2.24, 2.45) is 17.8 Å². The van der Waals surface area contributed by atoms with Gasteiger partial charge in [-0.2, -0.15) is 0 Å². The van der Waals surface area contributed by atoms with E-state index >= 15 is 0 Å². The van der Waals surface area contributed by atoms with Crippen LogP contribution in [0.2, 0.25) is 0 Å². The first-order valence-electron chi connectivity index (χ1n) is 11.7. The molecule has 0 radical (unpaired) electrons. The predicted octanol–water partition coefficient (Wildman–Crippen LogP) is 3.78. The van der Waals surface area contributed by atoms with E-state index in [2.05, 4.69) is 34.9 Å². The summed E-state index contributed by atoms with van der Waals surface area (Å²) in [5, 5.41) is 14.0. The van der Waals surface area contributed by atoms with E-state index in [9.17, 15) is 23.2 Å². The summed E-state index contributed by atoms with van der Waals surface area (Å²) in [7, 11) is 0. The fourth-order valence-corrected chi connectivity index (χ4v) is 5.37. The van der Waals surface area contributed by atoms with Gasteiger partial charge in [0.1, 0.15) is 12.5 Å². The molecule has 184 valence electrons. The third-order valence-corrected chi connectivity index (χ3v) is 7.36. The first-order chi connectivity index (χ1) is 16.8. The maximum absolute atomic E-state index is 13.4. The highest BCUT2D eigenvalue weighted by atomic mass is 19.3. The third kappa shape index (κ3) is 4.47. The summed E-state index contributed by atoms with van der Waals surface area (Å²) >= 11 is 0. The van der Waals surface area contributed by atoms with Gasteiger partial charge in [0.2, 0.25) is 5.91 Å². The predicted molar refractivity (Wildman–Crippen MR) is 122 cm³/mol. The number of carboxylic acid groups (broad SMARTS) is 1. The Morgan fingerprint density at radius 2 is 1.60 bits per heavy atom. The molecule has 7 nitrogen and oxygen atoms in total. The van der Waals surface area contributed by atoms with Crippen LogP contribution in [0.4, 0.5) is 13.6 Å². The Morgan fingerprint density at radius 3 is 2.17 bits per heavy atom. The first kappa shape index (κ1) is 23.3. The monoisotopic (exact) mass is 484 g/mol. The Balaban J connectivity index is 1.03. The SMILES string of the molecule is O=C(CC1CC(NC(=O)OCC2c3ccccc3-c3ccccc32)C1)NC[C@H]1[C@@H](C(=O)O)C1(F)F. The quantitative estimate of drug-likeness (QED) is 0.529. The van der Waals surface area contributed by atoms with Crippen LogP contribution < -0.4 is 10.6 Å². The number of rotatable bonds is 8. The lowest BCUT2D eigenvalue weighted by Crippen LogP contribution is -2.46. The number of benzene rings is 2. The van der Waals surface area contributed by atoms with Crippen LogP contribution in [0.5, 0.6) is 0 Å². The molecule has 2 atom stereocenters. The molecule has 2 aromatic carbocycles. The lowest BCUT2D eigenvalue weighted by atomic mass is 9.78. The Hall–Kier alpha value is -3.49. The maximum atomic E-state index is 13.4. The van der Waals surface area contributed by atoms with Gasteiger partial charge in [0.15, 0.2) is 0 Å². The van der Waals surface area contributed by atoms with Crippen molar-refractivity contribution in [3.8, 4) is 11.1 Å². The van der Waals surface area contributed by atoms with E-state index in [1.165, 1.54) is 0 Å². The van der Waals surface area contributed by atoms with Gasteiger partial charge >= 0.3 is 12.1 Å². The molecule has 35 heavy (non-hydrogen) atoms. The van der Waals surface area contributed by atoms with Crippen molar-refractivity contribution in [2.45, 2.75) is 37.1 Å². The second kappa shape index (κ2) is 8.94. The average Bonchev–Trinajstić information content (AvgIpc) is 3.22. The van der Waals surface area contributed by atoms with Crippen LogP contribution in [-0.4, -0.2) is 48.2 Å². The molecule has 2 saturated carbocycles. The van der Waals surface area contributed by atoms with E-state index in [1.807, 2.05) is 24.3 Å². The number of amides is 2. The third-order valence-electron chi connectivity index (χ3n) is 7.36. The summed E-state index contributed by atoms with van der Waals surface area (Å²) in [6, 6.07) is 16.1. The highest BCUT2D eigenvalue weighted by Crippen LogP contribution is 2.55. The number of hydrogen-bond acceptors (Lipinski definition) is 4. The molecule has 0 saturated heterocycles. The number of ether oxygens (including phenoxy) is 1. The molecule has 0 bridgehead atoms. The number of aliphatic carboxylic acids is 1. The van der Waals surface area contributed by atoms with E-state index < -0.39 is 29.8 Å². The average molecular weight is 484 g/mol. The van der Waals surface area contributed by atoms with Crippen molar-refractivity contribution < 1.29 is 33.0 Å². The van der Waals surface area contributed by atoms with Gasteiger partial charge in [-0.3, -0.25) is 9.59 Å². The fourth-order valence-electron chi connectivity index (χ4n) is 5.37. The van der Waals surface area contributed by atoms with Gasteiger partial charge in [0.25, 0.3) is 5.92 Å². The summed E-state index contributed by atoms with van der Waals surface area (Å²) in [5.41, 5.74) is 4.58. The number of carbonyl (C=O) groups is 3. The number of alkyl halides is 2. The van der Waals surface area contributed by atoms with Crippen LogP contribution in [0.1, 0.15) is 36.3 Å². The van der Waals surface area contributed by atoms with Gasteiger partial charge in [0.05, 0.1) is 5.92 Å². The molecule has 0 spiro atoms. The molecule has 5 rings (SSSR count). The van der Waals surface area contributed by atoms with E-state index in [0.29, 0.717) is 12.8 Å². The Kier molecular flexibility index (Phi) is 5.94. The molecule has 0 unspecified atom stereocenters. The molecule has 3 aliphatic rings. The Bertz CT molecular complexity index is 1120. The Morgan fingerprint density at radius 1 is 1.00 bits per heavy atom. The maximum Gasteiger partial charge on any atom is 0.407 e. The van der Waals surface area contributed by atoms with Crippen molar-refractivity contribution in [1.29, 1.82) is 0 Å². The van der Waals surface area contributed by atoms with Gasteiger partial charge in [-0.15, -0.1) is 0 Å². The lowest BCUT2D eigenvalue weighted by molar-refractivity contribution is -0.141. The Labute approximate surface area is 200 Å². The molecular weight excluding hydrogens is 458 g/mol. The summed E-state index contributed by atoms with van der Waals surface area (Å²) in [6.07, 6.45) is 0.832. The largest absolute Gasteiger partial charge is 0.481 e. The van der Waals surface area contributed by atoms with E-state index in [0.717, 1.165) is 22.3 Å². The number of nitrogens with one attached hydrogen (secondary N) is 2. The normalized spacial score (nSPS) is 25.5. The highest BCUT2D eigenvalue weighted by Gasteiger charge is 2.72. The van der Waals surface area contributed by atoms with E-state index in [4.69, 9.17) is 9.84 Å². The second-order valence-corrected chi connectivity index (χ2v) is 9.61. The van der Waals surface area contributed by atoms with E-state index in [-0.39, 0.29) is 43.4 Å². The van der Waals surface area contributed by atoms with Crippen molar-refractivity contribution in [3.05, 3.63) is 59.7 Å². The van der Waals surface area contributed by atoms with Gasteiger partial charge in [-0.05, 0) is 41.0 Å². The lowest BCUT2D eigenvalue weighted by Gasteiger charge is -2.35. The molecule has 2 aromatic rings. The van der Waals surface area contributed by atoms with Crippen molar-refractivity contribution in [1.82, 2.24) is 10.6 Å². The van der Waals surface area contributed by atoms with Gasteiger partial charge < -0.3 is 20.5 Å². The number of hydrogen-bond donors (Lipinski definition) is 3. The van der Waals surface area contributed by atoms with Gasteiger partial charge in [0, 0.05) is 24.9 Å². The standard InChI is InChI=1S/C26H26F2N2O5/c27-26(28)21(23(26)24(32)33)12-29-22(31)11-14-9-15(10-14)30-25(34)35-13-20-18-7-3-1-5-16(18)17-6-2-4-8-19(17)20/h1-8,14-15,20-21,23H,9-13H2,(H,29,31)(H,30,34)(H,32,33)/t14?,15?,21-,23-/m0/s1. The zero-order valence-electron chi connectivity index (χ0n) is 18.9. The zero-order chi connectivity index (χ0) is 24.7. The summed E-state index contributed by atoms with van der Waals surface area (Å²) in [4.78, 5) is 35.2. The van der Waals surface area contributed by atoms with Crippen molar-refractivity contribution in [2.75, 3.05) is 13.2 Å². The molecule has 3 aliphatic carbocycles. The molecule has 3 N–H and O–H groups in total. The van der Waals surface area contributed by atoms with Crippen molar-refractivity contribution >= 4 is 18.0 Å². The van der Waals surface area contributed by atoms with Crippen LogP contribution in [0.15, 0.2) is 48.5 Å². The molecular formula is C26H26F2N2O5. The van der Waals surface area contributed by atoms with Gasteiger partial charge in [-0.25, -0.2) is 13.6 Å². The molecule has 2 fully saturated rings. The van der Waals surface area contributed by atoms with Crippen LogP contribution >= 0.6 is 0 Å². The zero-order valence-corrected chi connectivity index (χ0v) is 18.9. The minimum Gasteiger partial charge on any atom is -0.481 e. The van der Waals surface area contributed by atoms with Crippen LogP contribution in [-0.2, 0) is 14.3 Å². The van der Waals surface area contributed by atoms with Gasteiger partial charge in [-0.1, -0.05) is 48.5 Å². The second-order valence-electron chi connectivity index (χ2n) is 9.61. The van der Waals surface area contributed by atoms with Crippen LogP contribution in [0.3, 0.4) is 0 Å². The number of carbonyl (C=O) groups excluding carboxylic acids is 2. The molecule has 2 amide bonds.